The molecule has 1 unspecified atom stereocenters. The molecule has 2 heterocycles. The summed E-state index contributed by atoms with van der Waals surface area (Å²) in [7, 11) is 1.45. The summed E-state index contributed by atoms with van der Waals surface area (Å²) in [4.78, 5) is 11.8. The Bertz CT molecular complexity index is 1000. The molecular formula is C30H46O9. The number of fused-ring (bicyclic) bond motifs is 5. The van der Waals surface area contributed by atoms with Gasteiger partial charge in [-0.05, 0) is 86.5 Å². The van der Waals surface area contributed by atoms with Crippen molar-refractivity contribution in [1.82, 2.24) is 0 Å². The first-order valence-corrected chi connectivity index (χ1v) is 14.9. The molecule has 9 nitrogen and oxygen atoms in total. The van der Waals surface area contributed by atoms with E-state index in [1.807, 2.05) is 0 Å². The van der Waals surface area contributed by atoms with E-state index in [2.05, 4.69) is 13.8 Å². The molecule has 0 aromatic carbocycles. The number of methoxy groups -OCH3 is 1. The van der Waals surface area contributed by atoms with Crippen LogP contribution in [-0.2, 0) is 23.7 Å². The summed E-state index contributed by atoms with van der Waals surface area (Å²) in [5, 5.41) is 45.2. The van der Waals surface area contributed by atoms with Gasteiger partial charge in [0.2, 0.25) is 0 Å². The number of hydrogen-bond donors (Lipinski definition) is 4. The van der Waals surface area contributed by atoms with Gasteiger partial charge in [0.15, 0.2) is 6.29 Å². The van der Waals surface area contributed by atoms with Crippen LogP contribution in [0.25, 0.3) is 0 Å². The number of carbonyl (C=O) groups excluding carboxylic acids is 1. The number of esters is 1. The van der Waals surface area contributed by atoms with E-state index in [1.165, 1.54) is 7.11 Å². The summed E-state index contributed by atoms with van der Waals surface area (Å²) in [5.41, 5.74) is -0.455. The largest absolute Gasteiger partial charge is 0.458 e. The zero-order valence-electron chi connectivity index (χ0n) is 23.6. The first-order valence-electron chi connectivity index (χ1n) is 14.9. The second-order valence-electron chi connectivity index (χ2n) is 13.8. The summed E-state index contributed by atoms with van der Waals surface area (Å²) in [5.74, 6) is 0.393. The maximum Gasteiger partial charge on any atom is 0.331 e. The highest BCUT2D eigenvalue weighted by Crippen LogP contribution is 2.70. The van der Waals surface area contributed by atoms with Crippen molar-refractivity contribution in [2.45, 2.75) is 121 Å². The number of carbonyl (C=O) groups is 1. The number of rotatable bonds is 4. The van der Waals surface area contributed by atoms with Crippen LogP contribution in [0.2, 0.25) is 0 Å². The Hall–Kier alpha value is -1.07. The molecule has 220 valence electrons. The van der Waals surface area contributed by atoms with E-state index in [0.717, 1.165) is 44.1 Å². The van der Waals surface area contributed by atoms with Crippen LogP contribution in [0.15, 0.2) is 11.6 Å². The minimum Gasteiger partial charge on any atom is -0.458 e. The van der Waals surface area contributed by atoms with Gasteiger partial charge in [0, 0.05) is 25.0 Å². The topological polar surface area (TPSA) is 135 Å². The Kier molecular flexibility index (Phi) is 7.02. The van der Waals surface area contributed by atoms with E-state index in [-0.39, 0.29) is 46.6 Å². The molecule has 0 radical (unpaired) electrons. The van der Waals surface area contributed by atoms with Crippen molar-refractivity contribution < 1.29 is 44.2 Å². The monoisotopic (exact) mass is 550 g/mol. The lowest BCUT2D eigenvalue weighted by molar-refractivity contribution is -0.317. The summed E-state index contributed by atoms with van der Waals surface area (Å²) in [6.45, 7) is 6.49. The van der Waals surface area contributed by atoms with E-state index in [0.29, 0.717) is 19.4 Å². The molecule has 6 rings (SSSR count). The summed E-state index contributed by atoms with van der Waals surface area (Å²) >= 11 is 0. The maximum absolute atomic E-state index is 12.4. The fourth-order valence-electron chi connectivity index (χ4n) is 10.1. The molecule has 0 aromatic rings. The quantitative estimate of drug-likeness (QED) is 0.307. The van der Waals surface area contributed by atoms with Crippen LogP contribution in [0.5, 0.6) is 0 Å². The van der Waals surface area contributed by atoms with Crippen molar-refractivity contribution in [3.8, 4) is 0 Å². The van der Waals surface area contributed by atoms with Gasteiger partial charge in [-0.25, -0.2) is 4.79 Å². The van der Waals surface area contributed by atoms with E-state index in [9.17, 15) is 25.2 Å². The van der Waals surface area contributed by atoms with Crippen molar-refractivity contribution in [2.24, 2.45) is 34.5 Å². The second kappa shape index (κ2) is 9.75. The molecule has 6 aliphatic rings. The van der Waals surface area contributed by atoms with Crippen molar-refractivity contribution in [3.63, 3.8) is 0 Å². The van der Waals surface area contributed by atoms with Crippen LogP contribution in [0.3, 0.4) is 0 Å². The summed E-state index contributed by atoms with van der Waals surface area (Å²) in [6, 6.07) is 0. The van der Waals surface area contributed by atoms with Crippen molar-refractivity contribution in [3.05, 3.63) is 11.6 Å². The summed E-state index contributed by atoms with van der Waals surface area (Å²) in [6.07, 6.45) is 2.74. The molecule has 2 aliphatic heterocycles. The van der Waals surface area contributed by atoms with Gasteiger partial charge in [-0.2, -0.15) is 0 Å². The molecule has 0 bridgehead atoms. The zero-order valence-corrected chi connectivity index (χ0v) is 23.6. The molecule has 0 aromatic heterocycles. The molecule has 1 saturated heterocycles. The van der Waals surface area contributed by atoms with E-state index in [1.54, 1.807) is 13.0 Å². The number of hydrogen-bond acceptors (Lipinski definition) is 9. The summed E-state index contributed by atoms with van der Waals surface area (Å²) < 4.78 is 22.6. The molecular weight excluding hydrogens is 504 g/mol. The Morgan fingerprint density at radius 3 is 2.46 bits per heavy atom. The number of aliphatic hydroxyl groups is 4. The highest BCUT2D eigenvalue weighted by Gasteiger charge is 2.69. The van der Waals surface area contributed by atoms with Crippen LogP contribution in [0.1, 0.15) is 72.1 Å². The lowest BCUT2D eigenvalue weighted by Gasteiger charge is -2.64. The Labute approximate surface area is 230 Å². The average Bonchev–Trinajstić information content (AvgIpc) is 3.43. The van der Waals surface area contributed by atoms with Gasteiger partial charge in [0.1, 0.15) is 24.9 Å². The van der Waals surface area contributed by atoms with Gasteiger partial charge in [-0.1, -0.05) is 13.8 Å². The van der Waals surface area contributed by atoms with E-state index < -0.39 is 42.4 Å². The minimum absolute atomic E-state index is 0.0986. The minimum atomic E-state index is -1.13. The molecule has 5 fully saturated rings. The Balaban J connectivity index is 1.19. The SMILES string of the molecule is CO[C@H]1[C@@H](O)[C@H](O[C@H]2C[C@@H]3CC[C@H]4C(CC[C@@]5(C)[C@H](C6=CC(=O)OC6)CC[C@@]45O)[C@]3(C)[C@@H](O)C2)O[C@@H](C)[C@H]1O. The van der Waals surface area contributed by atoms with Gasteiger partial charge in [-0.15, -0.1) is 0 Å². The lowest BCUT2D eigenvalue weighted by atomic mass is 9.42. The van der Waals surface area contributed by atoms with Gasteiger partial charge < -0.3 is 39.4 Å². The Morgan fingerprint density at radius 2 is 1.77 bits per heavy atom. The Morgan fingerprint density at radius 1 is 1.00 bits per heavy atom. The molecule has 4 aliphatic carbocycles. The van der Waals surface area contributed by atoms with Crippen LogP contribution in [0, 0.1) is 34.5 Å². The zero-order chi connectivity index (χ0) is 27.9. The van der Waals surface area contributed by atoms with Crippen LogP contribution < -0.4 is 0 Å². The van der Waals surface area contributed by atoms with E-state index >= 15 is 0 Å². The van der Waals surface area contributed by atoms with Gasteiger partial charge >= 0.3 is 5.97 Å². The predicted molar refractivity (Wildman–Crippen MR) is 139 cm³/mol. The van der Waals surface area contributed by atoms with Gasteiger partial charge in [0.25, 0.3) is 0 Å². The standard InChI is InChI=1S/C30H46O9/c1-15-24(33)26(36-4)25(34)27(38-15)39-18-12-17-5-6-21-20(29(17,3)22(31)13-18)7-9-28(2)19(8-10-30(21,28)35)16-11-23(32)37-14-16/h11,15,17-22,24-27,31,33-35H,5-10,12-14H2,1-4H3/t15-,17-,18-,19-,20?,21-,22-,24+,25+,26+,27-,28-,29+,30+/m0/s1. The molecule has 4 saturated carbocycles. The highest BCUT2D eigenvalue weighted by atomic mass is 16.7. The third kappa shape index (κ3) is 4.02. The van der Waals surface area contributed by atoms with Gasteiger partial charge in [-0.3, -0.25) is 0 Å². The molecule has 39 heavy (non-hydrogen) atoms. The smallest absolute Gasteiger partial charge is 0.331 e. The fourth-order valence-corrected chi connectivity index (χ4v) is 10.1. The normalized spacial score (nSPS) is 55.3. The van der Waals surface area contributed by atoms with E-state index in [4.69, 9.17) is 18.9 Å². The molecule has 14 atom stereocenters. The molecule has 0 spiro atoms. The van der Waals surface area contributed by atoms with Crippen LogP contribution in [0.4, 0.5) is 0 Å². The maximum atomic E-state index is 12.4. The van der Waals surface area contributed by atoms with Crippen molar-refractivity contribution in [1.29, 1.82) is 0 Å². The predicted octanol–water partition coefficient (Wildman–Crippen LogP) is 2.08. The second-order valence-corrected chi connectivity index (χ2v) is 13.8. The number of cyclic esters (lactones) is 1. The van der Waals surface area contributed by atoms with Crippen molar-refractivity contribution >= 4 is 5.97 Å². The third-order valence-electron chi connectivity index (χ3n) is 12.4. The number of ether oxygens (including phenoxy) is 4. The lowest BCUT2D eigenvalue weighted by Crippen LogP contribution is -2.65. The first-order chi connectivity index (χ1) is 18.4. The highest BCUT2D eigenvalue weighted by molar-refractivity contribution is 5.85. The average molecular weight is 551 g/mol. The molecule has 9 heteroatoms. The van der Waals surface area contributed by atoms with Crippen molar-refractivity contribution in [2.75, 3.05) is 13.7 Å². The fraction of sp³-hybridized carbons (Fsp3) is 0.900. The third-order valence-corrected chi connectivity index (χ3v) is 12.4. The number of aliphatic hydroxyl groups excluding tert-OH is 3. The molecule has 0 amide bonds. The van der Waals surface area contributed by atoms with Crippen LogP contribution >= 0.6 is 0 Å². The van der Waals surface area contributed by atoms with Crippen LogP contribution in [-0.4, -0.2) is 88.6 Å². The first kappa shape index (κ1) is 28.1. The van der Waals surface area contributed by atoms with Gasteiger partial charge in [0.05, 0.1) is 23.9 Å². The molecule has 4 N–H and O–H groups in total.